The van der Waals surface area contributed by atoms with E-state index in [1.54, 1.807) is 51.3 Å². The van der Waals surface area contributed by atoms with E-state index in [1.807, 2.05) is 60.7 Å². The van der Waals surface area contributed by atoms with Crippen molar-refractivity contribution in [2.45, 2.75) is 90.5 Å². The molecular formula is C54H72N10O12S2. The van der Waals surface area contributed by atoms with Crippen molar-refractivity contribution >= 4 is 69.0 Å². The zero-order valence-electron chi connectivity index (χ0n) is 45.0. The molecule has 0 spiro atoms. The molecule has 4 aromatic carbocycles. The van der Waals surface area contributed by atoms with Crippen LogP contribution in [0, 0.1) is 20.2 Å². The zero-order chi connectivity index (χ0) is 57.1. The van der Waals surface area contributed by atoms with Gasteiger partial charge >= 0.3 is 24.2 Å². The van der Waals surface area contributed by atoms with E-state index in [-0.39, 0.29) is 63.5 Å². The molecule has 0 fully saturated rings. The summed E-state index contributed by atoms with van der Waals surface area (Å²) in [6.07, 6.45) is -0.265. The molecule has 422 valence electrons. The molecule has 4 rings (SSSR count). The number of non-ortho nitro benzene ring substituents is 2. The highest BCUT2D eigenvalue weighted by molar-refractivity contribution is 8.76. The molecule has 78 heavy (non-hydrogen) atoms. The van der Waals surface area contributed by atoms with Crippen LogP contribution in [-0.4, -0.2) is 143 Å². The first-order chi connectivity index (χ1) is 37.0. The Morgan fingerprint density at radius 1 is 0.487 bits per heavy atom. The Balaban J connectivity index is 1.44. The van der Waals surface area contributed by atoms with Crippen LogP contribution in [0.1, 0.15) is 63.8 Å². The van der Waals surface area contributed by atoms with Gasteiger partial charge in [-0.3, -0.25) is 29.8 Å². The number of benzene rings is 4. The molecule has 4 aromatic rings. The monoisotopic (exact) mass is 1120 g/mol. The number of nitro groups is 2. The van der Waals surface area contributed by atoms with Crippen LogP contribution in [0.2, 0.25) is 0 Å². The third-order valence-electron chi connectivity index (χ3n) is 11.2. The van der Waals surface area contributed by atoms with Gasteiger partial charge in [-0.2, -0.15) is 0 Å². The molecule has 0 bridgehead atoms. The molecule has 2 atom stereocenters. The number of alkyl carbamates (subject to hydrolysis) is 2. The van der Waals surface area contributed by atoms with E-state index in [4.69, 9.17) is 9.47 Å². The third kappa shape index (κ3) is 25.0. The number of nitrogens with one attached hydrogen (secondary N) is 6. The fourth-order valence-electron chi connectivity index (χ4n) is 7.31. The minimum atomic E-state index is -1.10. The number of carbonyl (C=O) groups is 6. The van der Waals surface area contributed by atoms with Crippen LogP contribution in [-0.2, 0) is 44.7 Å². The minimum absolute atomic E-state index is 0.0102. The van der Waals surface area contributed by atoms with Crippen LogP contribution in [0.25, 0.3) is 0 Å². The summed E-state index contributed by atoms with van der Waals surface area (Å²) >= 11 is 0. The van der Waals surface area contributed by atoms with Crippen molar-refractivity contribution < 1.29 is 48.1 Å². The van der Waals surface area contributed by atoms with Gasteiger partial charge in [0, 0.05) is 101 Å². The van der Waals surface area contributed by atoms with E-state index < -0.39 is 69.2 Å². The van der Waals surface area contributed by atoms with Gasteiger partial charge in [-0.25, -0.2) is 19.2 Å². The predicted octanol–water partition coefficient (Wildman–Crippen LogP) is 7.20. The minimum Gasteiger partial charge on any atom is -0.444 e. The average Bonchev–Trinajstić information content (AvgIpc) is 3.38. The molecular weight excluding hydrogens is 1040 g/mol. The van der Waals surface area contributed by atoms with Crippen molar-refractivity contribution in [3.8, 4) is 0 Å². The van der Waals surface area contributed by atoms with Crippen molar-refractivity contribution in [2.75, 3.05) is 63.9 Å². The van der Waals surface area contributed by atoms with Gasteiger partial charge in [0.25, 0.3) is 11.4 Å². The second-order valence-corrected chi connectivity index (χ2v) is 22.5. The topological polar surface area (TPSA) is 286 Å². The van der Waals surface area contributed by atoms with E-state index in [9.17, 15) is 49.0 Å². The summed E-state index contributed by atoms with van der Waals surface area (Å²) in [7, 11) is 2.97. The van der Waals surface area contributed by atoms with Gasteiger partial charge in [-0.05, 0) is 76.6 Å². The van der Waals surface area contributed by atoms with Gasteiger partial charge in [0.1, 0.15) is 23.3 Å². The second-order valence-electron chi connectivity index (χ2n) is 19.8. The van der Waals surface area contributed by atoms with Gasteiger partial charge < -0.3 is 51.2 Å². The van der Waals surface area contributed by atoms with Crippen LogP contribution < -0.4 is 31.9 Å². The summed E-state index contributed by atoms with van der Waals surface area (Å²) in [5.74, 6) is -0.155. The summed E-state index contributed by atoms with van der Waals surface area (Å²) in [6, 6.07) is 27.4. The first-order valence-corrected chi connectivity index (χ1v) is 27.9. The number of carbonyl (C=O) groups excluding carboxylic acids is 6. The first-order valence-electron chi connectivity index (χ1n) is 25.4. The first kappa shape index (κ1) is 62.9. The Hall–Kier alpha value is -7.60. The highest BCUT2D eigenvalue weighted by Gasteiger charge is 2.27. The van der Waals surface area contributed by atoms with Gasteiger partial charge in [0.05, 0.1) is 9.85 Å². The smallest absolute Gasteiger partial charge is 0.407 e. The highest BCUT2D eigenvalue weighted by Crippen LogP contribution is 2.22. The van der Waals surface area contributed by atoms with Crippen LogP contribution >= 0.6 is 21.6 Å². The van der Waals surface area contributed by atoms with Gasteiger partial charge in [0.15, 0.2) is 0 Å². The molecule has 0 saturated heterocycles. The normalized spacial score (nSPS) is 11.9. The number of nitro benzene ring substituents is 2. The molecule has 24 heteroatoms. The molecule has 2 unspecified atom stereocenters. The standard InChI is InChI=1S/C54H72N10O12S2/c1-53(2,3)75-51(69)57-29-27-55-47(65)45(37-41-17-21-43(22-18-41)63(71)72)59-49(67)61(31-25-39-13-9-7-10-14-39)33-35-77-78-36-34-62(32-26-40-15-11-8-12-16-40)50(68)60-46(38-42-19-23-44(24-20-42)64(73)74)48(66)56-28-30-58-52(70)76-54(4,5)6/h7-24,45-46H,25-38H2,1-6H3,(H,55,65)(H,56,66)(H,57,69)(H,58,70)(H,59,67)(H,60,68). The maximum absolute atomic E-state index is 14.2. The molecule has 0 radical (unpaired) electrons. The van der Waals surface area contributed by atoms with E-state index in [1.165, 1.54) is 70.1 Å². The molecule has 0 aliphatic heterocycles. The van der Waals surface area contributed by atoms with Crippen LogP contribution in [0.4, 0.5) is 30.6 Å². The lowest BCUT2D eigenvalue weighted by atomic mass is 10.0. The molecule has 0 heterocycles. The number of hydrogen-bond donors (Lipinski definition) is 6. The summed E-state index contributed by atoms with van der Waals surface area (Å²) in [5, 5.41) is 39.2. The van der Waals surface area contributed by atoms with Crippen molar-refractivity contribution in [2.24, 2.45) is 0 Å². The van der Waals surface area contributed by atoms with E-state index in [0.29, 0.717) is 48.6 Å². The molecule has 6 N–H and O–H groups in total. The average molecular weight is 1120 g/mol. The Bertz CT molecular complexity index is 2390. The summed E-state index contributed by atoms with van der Waals surface area (Å²) < 4.78 is 10.5. The number of rotatable bonds is 29. The summed E-state index contributed by atoms with van der Waals surface area (Å²) in [5.41, 5.74) is 1.42. The Morgan fingerprint density at radius 3 is 1.14 bits per heavy atom. The number of urea groups is 2. The molecule has 0 aromatic heterocycles. The van der Waals surface area contributed by atoms with Crippen molar-refractivity contribution in [1.29, 1.82) is 0 Å². The van der Waals surface area contributed by atoms with Gasteiger partial charge in [-0.15, -0.1) is 0 Å². The highest BCUT2D eigenvalue weighted by atomic mass is 33.1. The van der Waals surface area contributed by atoms with E-state index in [0.717, 1.165) is 11.1 Å². The van der Waals surface area contributed by atoms with Crippen LogP contribution in [0.15, 0.2) is 109 Å². The number of hydrogen-bond acceptors (Lipinski definition) is 14. The van der Waals surface area contributed by atoms with Crippen LogP contribution in [0.5, 0.6) is 0 Å². The zero-order valence-corrected chi connectivity index (χ0v) is 46.6. The third-order valence-corrected chi connectivity index (χ3v) is 13.5. The van der Waals surface area contributed by atoms with Crippen molar-refractivity contribution in [1.82, 2.24) is 41.7 Å². The summed E-state index contributed by atoms with van der Waals surface area (Å²) in [6.45, 7) is 11.6. The number of amides is 8. The number of ether oxygens (including phenoxy) is 2. The second kappa shape index (κ2) is 32.2. The molecule has 8 amide bonds. The Labute approximate surface area is 463 Å². The lowest BCUT2D eigenvalue weighted by Crippen LogP contribution is -2.53. The fourth-order valence-corrected chi connectivity index (χ4v) is 9.29. The van der Waals surface area contributed by atoms with Crippen LogP contribution in [0.3, 0.4) is 0 Å². The SMILES string of the molecule is CC(C)(C)OC(=O)NCCNC(=O)C(Cc1ccc([N+](=O)[O-])cc1)NC(=O)N(CCSSCCN(CCc1ccccc1)C(=O)NC(Cc1ccc([N+](=O)[O-])cc1)C(=O)NCCNC(=O)OC(C)(C)C)CCc1ccccc1. The quantitative estimate of drug-likeness (QED) is 0.0136. The van der Waals surface area contributed by atoms with E-state index >= 15 is 0 Å². The summed E-state index contributed by atoms with van der Waals surface area (Å²) in [4.78, 5) is 105. The predicted molar refractivity (Wildman–Crippen MR) is 301 cm³/mol. The Morgan fingerprint density at radius 2 is 0.821 bits per heavy atom. The maximum Gasteiger partial charge on any atom is 0.407 e. The van der Waals surface area contributed by atoms with Gasteiger partial charge in [0.2, 0.25) is 11.8 Å². The largest absolute Gasteiger partial charge is 0.444 e. The lowest BCUT2D eigenvalue weighted by molar-refractivity contribution is -0.385. The Kier molecular flexibility index (Phi) is 26.0. The molecule has 22 nitrogen and oxygen atoms in total. The fraction of sp³-hybridized carbons (Fsp3) is 0.444. The molecule has 0 saturated carbocycles. The molecule has 0 aliphatic rings. The van der Waals surface area contributed by atoms with Crippen molar-refractivity contribution in [3.63, 3.8) is 0 Å². The van der Waals surface area contributed by atoms with Gasteiger partial charge in [-0.1, -0.05) is 107 Å². The number of nitrogens with zero attached hydrogens (tertiary/aromatic N) is 4. The molecule has 0 aliphatic carbocycles. The van der Waals surface area contributed by atoms with E-state index in [2.05, 4.69) is 31.9 Å². The lowest BCUT2D eigenvalue weighted by Gasteiger charge is -2.27. The van der Waals surface area contributed by atoms with Crippen molar-refractivity contribution in [3.05, 3.63) is 152 Å². The maximum atomic E-state index is 14.2.